The Kier molecular flexibility index (Phi) is 8.98. The zero-order valence-electron chi connectivity index (χ0n) is 19.1. The molecule has 0 aromatic heterocycles. The van der Waals surface area contributed by atoms with E-state index in [4.69, 9.17) is 11.7 Å². The van der Waals surface area contributed by atoms with Gasteiger partial charge in [-0.15, -0.1) is 0 Å². The minimum atomic E-state index is -4.56. The molecule has 6 N–H and O–H groups in total. The Morgan fingerprint density at radius 2 is 1.78 bits per heavy atom. The van der Waals surface area contributed by atoms with Gasteiger partial charge in [-0.3, -0.25) is 9.80 Å². The van der Waals surface area contributed by atoms with Crippen molar-refractivity contribution in [1.82, 2.24) is 5.32 Å². The average molecular weight is 515 g/mol. The van der Waals surface area contributed by atoms with Gasteiger partial charge in [0.15, 0.2) is 0 Å². The lowest BCUT2D eigenvalue weighted by Crippen LogP contribution is -2.29. The third-order valence-electron chi connectivity index (χ3n) is 5.04. The molecule has 3 rings (SSSR count). The van der Waals surface area contributed by atoms with Crippen LogP contribution in [0.1, 0.15) is 27.9 Å². The Labute approximate surface area is 211 Å². The molecule has 188 valence electrons. The standard InChI is InChI=1S/C25H25F3N6OS/c1-17(7-8-18-5-3-2-4-6-18)32-24(35)22-14-9-19(25(26,27)28)15-23(22)33-36-21-12-10-20(11-13-21)34(30)16-31-29/h2-6,9-16,33H,1,7-8,29-30H2,(H,32,35)/b31-16-. The number of alkyl halides is 3. The molecule has 3 aromatic carbocycles. The molecule has 0 radical (unpaired) electrons. The Hall–Kier alpha value is -3.96. The summed E-state index contributed by atoms with van der Waals surface area (Å²) in [6.45, 7) is 3.88. The highest BCUT2D eigenvalue weighted by molar-refractivity contribution is 8.00. The summed E-state index contributed by atoms with van der Waals surface area (Å²) in [6, 6.07) is 19.4. The molecule has 36 heavy (non-hydrogen) atoms. The molecule has 7 nitrogen and oxygen atoms in total. The van der Waals surface area contributed by atoms with Gasteiger partial charge >= 0.3 is 6.18 Å². The number of carbonyl (C=O) groups excluding carboxylic acids is 1. The van der Waals surface area contributed by atoms with Gasteiger partial charge in [-0.2, -0.15) is 18.3 Å². The second-order valence-corrected chi connectivity index (χ2v) is 8.55. The molecule has 0 heterocycles. The number of allylic oxidation sites excluding steroid dienone is 1. The number of hydrazone groups is 1. The molecule has 0 aliphatic rings. The van der Waals surface area contributed by atoms with Gasteiger partial charge in [0.1, 0.15) is 6.34 Å². The van der Waals surface area contributed by atoms with E-state index in [2.05, 4.69) is 21.7 Å². The van der Waals surface area contributed by atoms with Crippen LogP contribution in [-0.4, -0.2) is 12.2 Å². The van der Waals surface area contributed by atoms with Crippen LogP contribution in [-0.2, 0) is 12.6 Å². The number of amides is 1. The number of aryl methyl sites for hydroxylation is 1. The Morgan fingerprint density at radius 1 is 1.08 bits per heavy atom. The van der Waals surface area contributed by atoms with Crippen molar-refractivity contribution in [1.29, 1.82) is 0 Å². The topological polar surface area (TPSA) is 109 Å². The fourth-order valence-electron chi connectivity index (χ4n) is 3.17. The second-order valence-electron chi connectivity index (χ2n) is 7.67. The van der Waals surface area contributed by atoms with E-state index in [9.17, 15) is 18.0 Å². The Bertz CT molecular complexity index is 1220. The number of nitrogens with one attached hydrogen (secondary N) is 2. The number of nitrogens with two attached hydrogens (primary N) is 2. The summed E-state index contributed by atoms with van der Waals surface area (Å²) in [7, 11) is 0. The lowest BCUT2D eigenvalue weighted by Gasteiger charge is -2.16. The number of halogens is 3. The highest BCUT2D eigenvalue weighted by Gasteiger charge is 2.31. The number of nitrogens with zero attached hydrogens (tertiary/aromatic N) is 2. The monoisotopic (exact) mass is 514 g/mol. The number of benzene rings is 3. The highest BCUT2D eigenvalue weighted by Crippen LogP contribution is 2.34. The molecule has 0 saturated carbocycles. The van der Waals surface area contributed by atoms with Gasteiger partial charge in [0.05, 0.1) is 22.5 Å². The molecule has 1 amide bonds. The summed E-state index contributed by atoms with van der Waals surface area (Å²) in [5.41, 5.74) is 1.34. The maximum Gasteiger partial charge on any atom is 0.416 e. The Balaban J connectivity index is 1.72. The maximum absolute atomic E-state index is 13.3. The van der Waals surface area contributed by atoms with Gasteiger partial charge in [0.2, 0.25) is 0 Å². The molecule has 0 fully saturated rings. The van der Waals surface area contributed by atoms with E-state index >= 15 is 0 Å². The number of rotatable bonds is 10. The van der Waals surface area contributed by atoms with E-state index in [-0.39, 0.29) is 11.3 Å². The summed E-state index contributed by atoms with van der Waals surface area (Å²) >= 11 is 1.05. The van der Waals surface area contributed by atoms with Crippen molar-refractivity contribution in [2.24, 2.45) is 16.8 Å². The quantitative estimate of drug-likeness (QED) is 0.0964. The molecule has 0 aliphatic heterocycles. The second kappa shape index (κ2) is 12.1. The summed E-state index contributed by atoms with van der Waals surface area (Å²) < 4.78 is 42.9. The fourth-order valence-corrected chi connectivity index (χ4v) is 3.84. The van der Waals surface area contributed by atoms with Crippen LogP contribution in [0.3, 0.4) is 0 Å². The SMILES string of the molecule is C=C(CCc1ccccc1)NC(=O)c1ccc(C(F)(F)F)cc1NSc1ccc(N(N)/C=N\N)cc1. The van der Waals surface area contributed by atoms with Crippen molar-refractivity contribution in [3.63, 3.8) is 0 Å². The molecule has 3 aromatic rings. The zero-order valence-corrected chi connectivity index (χ0v) is 19.9. The molecule has 0 bridgehead atoms. The van der Waals surface area contributed by atoms with Crippen molar-refractivity contribution < 1.29 is 18.0 Å². The van der Waals surface area contributed by atoms with E-state index in [1.54, 1.807) is 24.3 Å². The van der Waals surface area contributed by atoms with Crippen LogP contribution in [0, 0.1) is 0 Å². The van der Waals surface area contributed by atoms with Crippen LogP contribution in [0.5, 0.6) is 0 Å². The third kappa shape index (κ3) is 7.52. The highest BCUT2D eigenvalue weighted by atomic mass is 32.2. The van der Waals surface area contributed by atoms with Crippen molar-refractivity contribution in [3.8, 4) is 0 Å². The molecule has 0 atom stereocenters. The maximum atomic E-state index is 13.3. The van der Waals surface area contributed by atoms with Crippen LogP contribution < -0.4 is 26.7 Å². The summed E-state index contributed by atoms with van der Waals surface area (Å²) in [5, 5.41) is 7.23. The molecule has 0 unspecified atom stereocenters. The van der Waals surface area contributed by atoms with Crippen LogP contribution in [0.4, 0.5) is 24.5 Å². The van der Waals surface area contributed by atoms with Gasteiger partial charge in [-0.05, 0) is 72.8 Å². The van der Waals surface area contributed by atoms with Gasteiger partial charge in [-0.1, -0.05) is 36.9 Å². The van der Waals surface area contributed by atoms with E-state index < -0.39 is 17.6 Å². The van der Waals surface area contributed by atoms with Gasteiger partial charge < -0.3 is 15.9 Å². The first-order valence-electron chi connectivity index (χ1n) is 10.7. The van der Waals surface area contributed by atoms with E-state index in [1.165, 1.54) is 11.3 Å². The summed E-state index contributed by atoms with van der Waals surface area (Å²) in [5.74, 6) is 10.3. The lowest BCUT2D eigenvalue weighted by atomic mass is 10.1. The first kappa shape index (κ1) is 26.6. The van der Waals surface area contributed by atoms with Gasteiger partial charge in [0.25, 0.3) is 5.91 Å². The smallest absolute Gasteiger partial charge is 0.326 e. The van der Waals surface area contributed by atoms with Crippen LogP contribution in [0.2, 0.25) is 0 Å². The molecular formula is C25H25F3N6OS. The summed E-state index contributed by atoms with van der Waals surface area (Å²) in [6.07, 6.45) is -2.18. The number of anilines is 2. The van der Waals surface area contributed by atoms with Crippen molar-refractivity contribution >= 4 is 35.6 Å². The predicted molar refractivity (Wildman–Crippen MR) is 138 cm³/mol. The molecule has 0 aliphatic carbocycles. The normalized spacial score (nSPS) is 11.3. The minimum absolute atomic E-state index is 0.0166. The first-order chi connectivity index (χ1) is 17.2. The molecular weight excluding hydrogens is 489 g/mol. The molecule has 0 spiro atoms. The number of hydrogen-bond donors (Lipinski definition) is 4. The van der Waals surface area contributed by atoms with Crippen molar-refractivity contribution in [2.45, 2.75) is 23.9 Å². The largest absolute Gasteiger partial charge is 0.416 e. The fraction of sp³-hybridized carbons (Fsp3) is 0.120. The minimum Gasteiger partial charge on any atom is -0.326 e. The van der Waals surface area contributed by atoms with Gasteiger partial charge in [0, 0.05) is 10.6 Å². The molecule has 0 saturated heterocycles. The van der Waals surface area contributed by atoms with E-state index in [0.29, 0.717) is 29.1 Å². The van der Waals surface area contributed by atoms with Crippen molar-refractivity contribution in [3.05, 3.63) is 102 Å². The lowest BCUT2D eigenvalue weighted by molar-refractivity contribution is -0.137. The first-order valence-corrected chi connectivity index (χ1v) is 11.5. The van der Waals surface area contributed by atoms with Crippen LogP contribution >= 0.6 is 11.9 Å². The predicted octanol–water partition coefficient (Wildman–Crippen LogP) is 5.28. The number of carbonyl (C=O) groups is 1. The van der Waals surface area contributed by atoms with Gasteiger partial charge in [-0.25, -0.2) is 5.84 Å². The molecule has 11 heteroatoms. The number of hydrogen-bond acceptors (Lipinski definition) is 6. The van der Waals surface area contributed by atoms with Crippen LogP contribution in [0.15, 0.2) is 95.1 Å². The average Bonchev–Trinajstić information content (AvgIpc) is 2.86. The number of hydrazine groups is 1. The third-order valence-corrected chi connectivity index (χ3v) is 5.87. The van der Waals surface area contributed by atoms with Crippen molar-refractivity contribution in [2.75, 3.05) is 9.73 Å². The zero-order chi connectivity index (χ0) is 26.1. The Morgan fingerprint density at radius 3 is 2.42 bits per heavy atom. The van der Waals surface area contributed by atoms with E-state index in [0.717, 1.165) is 35.7 Å². The van der Waals surface area contributed by atoms with E-state index in [1.807, 2.05) is 30.3 Å². The summed E-state index contributed by atoms with van der Waals surface area (Å²) in [4.78, 5) is 13.6. The van der Waals surface area contributed by atoms with Crippen LogP contribution in [0.25, 0.3) is 0 Å².